The van der Waals surface area contributed by atoms with Crippen molar-refractivity contribution < 1.29 is 19.1 Å². The van der Waals surface area contributed by atoms with Gasteiger partial charge in [0.25, 0.3) is 5.91 Å². The molecule has 25 heavy (non-hydrogen) atoms. The maximum atomic E-state index is 13.0. The van der Waals surface area contributed by atoms with E-state index in [2.05, 4.69) is 10.6 Å². The first-order chi connectivity index (χ1) is 12.0. The number of carbonyl (C=O) groups is 3. The maximum absolute atomic E-state index is 13.0. The van der Waals surface area contributed by atoms with Crippen LogP contribution in [0, 0.1) is 6.92 Å². The van der Waals surface area contributed by atoms with Gasteiger partial charge in [-0.25, -0.2) is 0 Å². The predicted molar refractivity (Wildman–Crippen MR) is 91.9 cm³/mol. The van der Waals surface area contributed by atoms with Crippen LogP contribution in [-0.2, 0) is 14.4 Å². The Morgan fingerprint density at radius 1 is 1.16 bits per heavy atom. The van der Waals surface area contributed by atoms with E-state index >= 15 is 0 Å². The van der Waals surface area contributed by atoms with Gasteiger partial charge in [0.05, 0.1) is 0 Å². The fourth-order valence-electron chi connectivity index (χ4n) is 3.45. The third kappa shape index (κ3) is 4.00. The highest BCUT2D eigenvalue weighted by Crippen LogP contribution is 2.33. The standard InChI is InChI=1S/C19H24N2O4/c1-13-5-7-14(8-6-13)25-19(11-3-2-4-12-19)18(24)20-15-9-10-16(22)21-17(15)23/h5-8,15H,2-4,9-12H2,1H3,(H,20,24)(H,21,22,23). The number of benzene rings is 1. The molecular weight excluding hydrogens is 320 g/mol. The van der Waals surface area contributed by atoms with Crippen LogP contribution >= 0.6 is 0 Å². The van der Waals surface area contributed by atoms with Crippen molar-refractivity contribution >= 4 is 17.7 Å². The van der Waals surface area contributed by atoms with Crippen LogP contribution in [0.25, 0.3) is 0 Å². The summed E-state index contributed by atoms with van der Waals surface area (Å²) in [5.41, 5.74) is 0.174. The highest BCUT2D eigenvalue weighted by molar-refractivity contribution is 6.02. The zero-order chi connectivity index (χ0) is 17.9. The zero-order valence-electron chi connectivity index (χ0n) is 14.5. The van der Waals surface area contributed by atoms with Crippen LogP contribution in [0.15, 0.2) is 24.3 Å². The first-order valence-electron chi connectivity index (χ1n) is 8.89. The highest BCUT2D eigenvalue weighted by Gasteiger charge is 2.43. The molecule has 3 rings (SSSR count). The van der Waals surface area contributed by atoms with Gasteiger partial charge in [0.2, 0.25) is 11.8 Å². The van der Waals surface area contributed by atoms with Crippen molar-refractivity contribution in [1.29, 1.82) is 0 Å². The monoisotopic (exact) mass is 344 g/mol. The Hall–Kier alpha value is -2.37. The summed E-state index contributed by atoms with van der Waals surface area (Å²) in [4.78, 5) is 36.2. The van der Waals surface area contributed by atoms with Gasteiger partial charge in [0.15, 0.2) is 5.60 Å². The largest absolute Gasteiger partial charge is 0.477 e. The van der Waals surface area contributed by atoms with Crippen LogP contribution in [0.2, 0.25) is 0 Å². The second-order valence-electron chi connectivity index (χ2n) is 6.95. The highest BCUT2D eigenvalue weighted by atomic mass is 16.5. The summed E-state index contributed by atoms with van der Waals surface area (Å²) in [6.07, 6.45) is 4.72. The Bertz CT molecular complexity index is 663. The number of rotatable bonds is 4. The van der Waals surface area contributed by atoms with Gasteiger partial charge in [-0.3, -0.25) is 19.7 Å². The van der Waals surface area contributed by atoms with E-state index in [4.69, 9.17) is 4.74 Å². The molecule has 2 aliphatic rings. The smallest absolute Gasteiger partial charge is 0.264 e. The lowest BCUT2D eigenvalue weighted by molar-refractivity contribution is -0.145. The van der Waals surface area contributed by atoms with Gasteiger partial charge in [-0.1, -0.05) is 24.1 Å². The molecule has 0 spiro atoms. The van der Waals surface area contributed by atoms with E-state index in [1.165, 1.54) is 0 Å². The molecule has 2 N–H and O–H groups in total. The maximum Gasteiger partial charge on any atom is 0.264 e. The lowest BCUT2D eigenvalue weighted by Crippen LogP contribution is -2.59. The number of imide groups is 1. The Kier molecular flexibility index (Phi) is 5.06. The van der Waals surface area contributed by atoms with Crippen molar-refractivity contribution in [1.82, 2.24) is 10.6 Å². The molecule has 1 aromatic carbocycles. The van der Waals surface area contributed by atoms with Crippen LogP contribution in [0.1, 0.15) is 50.5 Å². The average Bonchev–Trinajstić information content (AvgIpc) is 2.60. The summed E-state index contributed by atoms with van der Waals surface area (Å²) >= 11 is 0. The second kappa shape index (κ2) is 7.25. The van der Waals surface area contributed by atoms with Gasteiger partial charge < -0.3 is 10.1 Å². The SMILES string of the molecule is Cc1ccc(OC2(C(=O)NC3CCC(=O)NC3=O)CCCCC2)cc1. The minimum Gasteiger partial charge on any atom is -0.477 e. The van der Waals surface area contributed by atoms with Crippen LogP contribution in [0.5, 0.6) is 5.75 Å². The number of hydrogen-bond acceptors (Lipinski definition) is 4. The van der Waals surface area contributed by atoms with E-state index in [1.54, 1.807) is 0 Å². The summed E-state index contributed by atoms with van der Waals surface area (Å²) in [5.74, 6) is -0.335. The summed E-state index contributed by atoms with van der Waals surface area (Å²) < 4.78 is 6.15. The molecule has 1 heterocycles. The minimum atomic E-state index is -0.949. The van der Waals surface area contributed by atoms with Crippen molar-refractivity contribution in [3.63, 3.8) is 0 Å². The number of nitrogens with one attached hydrogen (secondary N) is 2. The van der Waals surface area contributed by atoms with Gasteiger partial charge in [-0.15, -0.1) is 0 Å². The predicted octanol–water partition coefficient (Wildman–Crippen LogP) is 2.00. The van der Waals surface area contributed by atoms with Gasteiger partial charge >= 0.3 is 0 Å². The second-order valence-corrected chi connectivity index (χ2v) is 6.95. The molecule has 1 aliphatic heterocycles. The molecule has 0 bridgehead atoms. The Morgan fingerprint density at radius 2 is 1.84 bits per heavy atom. The molecule has 2 fully saturated rings. The normalized spacial score (nSPS) is 22.8. The first kappa shape index (κ1) is 17.5. The third-order valence-corrected chi connectivity index (χ3v) is 4.95. The summed E-state index contributed by atoms with van der Waals surface area (Å²) in [6, 6.07) is 6.95. The van der Waals surface area contributed by atoms with E-state index < -0.39 is 17.6 Å². The molecule has 134 valence electrons. The van der Waals surface area contributed by atoms with Crippen LogP contribution in [0.3, 0.4) is 0 Å². The fourth-order valence-corrected chi connectivity index (χ4v) is 3.45. The molecule has 1 aromatic rings. The summed E-state index contributed by atoms with van der Waals surface area (Å²) in [6.45, 7) is 2.00. The fraction of sp³-hybridized carbons (Fsp3) is 0.526. The number of piperidine rings is 1. The van der Waals surface area contributed by atoms with E-state index in [0.717, 1.165) is 24.8 Å². The number of ether oxygens (including phenoxy) is 1. The number of carbonyl (C=O) groups excluding carboxylic acids is 3. The van der Waals surface area contributed by atoms with Crippen molar-refractivity contribution in [2.45, 2.75) is 63.5 Å². The molecule has 1 unspecified atom stereocenters. The first-order valence-corrected chi connectivity index (χ1v) is 8.89. The van der Waals surface area contributed by atoms with Crippen LogP contribution in [-0.4, -0.2) is 29.4 Å². The van der Waals surface area contributed by atoms with Crippen molar-refractivity contribution in [2.24, 2.45) is 0 Å². The van der Waals surface area contributed by atoms with Crippen molar-refractivity contribution in [2.75, 3.05) is 0 Å². The van der Waals surface area contributed by atoms with Gasteiger partial charge in [0.1, 0.15) is 11.8 Å². The van der Waals surface area contributed by atoms with E-state index in [9.17, 15) is 14.4 Å². The zero-order valence-corrected chi connectivity index (χ0v) is 14.5. The number of amides is 3. The van der Waals surface area contributed by atoms with Gasteiger partial charge in [-0.2, -0.15) is 0 Å². The van der Waals surface area contributed by atoms with Crippen LogP contribution < -0.4 is 15.4 Å². The van der Waals surface area contributed by atoms with Crippen molar-refractivity contribution in [3.05, 3.63) is 29.8 Å². The third-order valence-electron chi connectivity index (χ3n) is 4.95. The van der Waals surface area contributed by atoms with Crippen LogP contribution in [0.4, 0.5) is 0 Å². The lowest BCUT2D eigenvalue weighted by Gasteiger charge is -2.37. The van der Waals surface area contributed by atoms with Crippen molar-refractivity contribution in [3.8, 4) is 5.75 Å². The Labute approximate surface area is 147 Å². The van der Waals surface area contributed by atoms with E-state index in [-0.39, 0.29) is 18.2 Å². The van der Waals surface area contributed by atoms with Gasteiger partial charge in [0, 0.05) is 6.42 Å². The Balaban J connectivity index is 1.75. The molecule has 0 aromatic heterocycles. The van der Waals surface area contributed by atoms with E-state index in [0.29, 0.717) is 25.0 Å². The number of aryl methyl sites for hydroxylation is 1. The molecule has 3 amide bonds. The average molecular weight is 344 g/mol. The topological polar surface area (TPSA) is 84.5 Å². The Morgan fingerprint density at radius 3 is 2.48 bits per heavy atom. The summed E-state index contributed by atoms with van der Waals surface area (Å²) in [5, 5.41) is 5.08. The molecule has 6 heteroatoms. The molecule has 1 atom stereocenters. The molecule has 1 saturated carbocycles. The van der Waals surface area contributed by atoms with E-state index in [1.807, 2.05) is 31.2 Å². The van der Waals surface area contributed by atoms with Gasteiger partial charge in [-0.05, 0) is 51.2 Å². The molecule has 1 saturated heterocycles. The number of hydrogen-bond donors (Lipinski definition) is 2. The molecule has 6 nitrogen and oxygen atoms in total. The minimum absolute atomic E-state index is 0.239. The lowest BCUT2D eigenvalue weighted by atomic mass is 9.83. The summed E-state index contributed by atoms with van der Waals surface area (Å²) in [7, 11) is 0. The molecule has 1 aliphatic carbocycles. The molecular formula is C19H24N2O4. The quantitative estimate of drug-likeness (QED) is 0.818. The molecule has 0 radical (unpaired) electrons.